The first-order valence-corrected chi connectivity index (χ1v) is 5.37. The van der Waals surface area contributed by atoms with Gasteiger partial charge in [0.05, 0.1) is 10.6 Å². The number of rotatable bonds is 2. The van der Waals surface area contributed by atoms with Crippen molar-refractivity contribution in [2.24, 2.45) is 0 Å². The molecule has 0 aliphatic heterocycles. The molecule has 3 heteroatoms. The molecule has 0 unspecified atom stereocenters. The third-order valence-corrected chi connectivity index (χ3v) is 2.94. The predicted octanol–water partition coefficient (Wildman–Crippen LogP) is 3.69. The van der Waals surface area contributed by atoms with E-state index >= 15 is 0 Å². The lowest BCUT2D eigenvalue weighted by Gasteiger charge is -2.08. The molecule has 0 saturated heterocycles. The van der Waals surface area contributed by atoms with Crippen LogP contribution in [-0.4, -0.2) is 11.1 Å². The molecule has 1 aliphatic carbocycles. The predicted molar refractivity (Wildman–Crippen MR) is 64.9 cm³/mol. The summed E-state index contributed by atoms with van der Waals surface area (Å²) in [6.45, 7) is 1.77. The zero-order valence-corrected chi connectivity index (χ0v) is 9.58. The smallest absolute Gasteiger partial charge is 0.337 e. The Morgan fingerprint density at radius 2 is 2.19 bits per heavy atom. The first kappa shape index (κ1) is 11.0. The molecule has 1 N–H and O–H groups in total. The van der Waals surface area contributed by atoms with Gasteiger partial charge in [-0.05, 0) is 36.1 Å². The molecule has 0 spiro atoms. The molecule has 1 aromatic rings. The highest BCUT2D eigenvalue weighted by atomic mass is 35.5. The molecule has 0 fully saturated rings. The first-order chi connectivity index (χ1) is 7.59. The van der Waals surface area contributed by atoms with Gasteiger partial charge in [-0.1, -0.05) is 35.9 Å². The van der Waals surface area contributed by atoms with Gasteiger partial charge in [-0.15, -0.1) is 0 Å². The molecular formula is C13H11ClO2. The lowest BCUT2D eigenvalue weighted by Crippen LogP contribution is -2.01. The molecule has 0 atom stereocenters. The van der Waals surface area contributed by atoms with Gasteiger partial charge >= 0.3 is 5.97 Å². The second-order valence-corrected chi connectivity index (χ2v) is 4.19. The minimum Gasteiger partial charge on any atom is -0.478 e. The SMILES string of the molecule is Cc1cc(C2=CC=CC2)cc(Cl)c1C(=O)O. The van der Waals surface area contributed by atoms with E-state index < -0.39 is 5.97 Å². The highest BCUT2D eigenvalue weighted by Gasteiger charge is 2.14. The van der Waals surface area contributed by atoms with Crippen LogP contribution in [-0.2, 0) is 0 Å². The molecular weight excluding hydrogens is 224 g/mol. The lowest BCUT2D eigenvalue weighted by molar-refractivity contribution is 0.0696. The van der Waals surface area contributed by atoms with Crippen LogP contribution in [0.15, 0.2) is 30.4 Å². The number of allylic oxidation sites excluding steroid dienone is 4. The number of carboxylic acids is 1. The normalized spacial score (nSPS) is 14.0. The second kappa shape index (κ2) is 4.14. The maximum Gasteiger partial charge on any atom is 0.337 e. The summed E-state index contributed by atoms with van der Waals surface area (Å²) in [5, 5.41) is 9.29. The summed E-state index contributed by atoms with van der Waals surface area (Å²) in [6, 6.07) is 3.59. The van der Waals surface area contributed by atoms with Crippen molar-refractivity contribution in [3.05, 3.63) is 52.1 Å². The summed E-state index contributed by atoms with van der Waals surface area (Å²) >= 11 is 5.98. The van der Waals surface area contributed by atoms with E-state index in [2.05, 4.69) is 6.08 Å². The zero-order chi connectivity index (χ0) is 11.7. The van der Waals surface area contributed by atoms with Crippen LogP contribution in [0.2, 0.25) is 5.02 Å². The molecule has 1 aliphatic rings. The summed E-state index contributed by atoms with van der Waals surface area (Å²) < 4.78 is 0. The van der Waals surface area contributed by atoms with Gasteiger partial charge in [0.2, 0.25) is 0 Å². The highest BCUT2D eigenvalue weighted by molar-refractivity contribution is 6.33. The number of benzene rings is 1. The van der Waals surface area contributed by atoms with E-state index in [1.807, 2.05) is 18.2 Å². The summed E-state index contributed by atoms with van der Waals surface area (Å²) in [6.07, 6.45) is 6.95. The average Bonchev–Trinajstić information content (AvgIpc) is 2.67. The highest BCUT2D eigenvalue weighted by Crippen LogP contribution is 2.29. The molecule has 0 radical (unpaired) electrons. The van der Waals surface area contributed by atoms with Crippen molar-refractivity contribution in [1.29, 1.82) is 0 Å². The molecule has 2 rings (SSSR count). The Balaban J connectivity index is 2.49. The van der Waals surface area contributed by atoms with Crippen LogP contribution in [0.5, 0.6) is 0 Å². The van der Waals surface area contributed by atoms with E-state index in [-0.39, 0.29) is 5.56 Å². The molecule has 0 bridgehead atoms. The largest absolute Gasteiger partial charge is 0.478 e. The van der Waals surface area contributed by atoms with Crippen LogP contribution in [0.4, 0.5) is 0 Å². The standard InChI is InChI=1S/C13H11ClO2/c1-8-6-10(9-4-2-3-5-9)7-11(14)12(8)13(15)16/h2-4,6-7H,5H2,1H3,(H,15,16). The van der Waals surface area contributed by atoms with Gasteiger partial charge in [0.1, 0.15) is 0 Å². The fourth-order valence-electron chi connectivity index (χ4n) is 1.86. The summed E-state index contributed by atoms with van der Waals surface area (Å²) in [4.78, 5) is 11.0. The van der Waals surface area contributed by atoms with Gasteiger partial charge < -0.3 is 5.11 Å². The third-order valence-electron chi connectivity index (χ3n) is 2.64. The number of aromatic carboxylic acids is 1. The van der Waals surface area contributed by atoms with Gasteiger partial charge in [0.15, 0.2) is 0 Å². The van der Waals surface area contributed by atoms with Crippen molar-refractivity contribution in [1.82, 2.24) is 0 Å². The van der Waals surface area contributed by atoms with Gasteiger partial charge in [-0.25, -0.2) is 4.79 Å². The zero-order valence-electron chi connectivity index (χ0n) is 8.83. The van der Waals surface area contributed by atoms with Crippen LogP contribution >= 0.6 is 11.6 Å². The van der Waals surface area contributed by atoms with Gasteiger partial charge in [0.25, 0.3) is 0 Å². The topological polar surface area (TPSA) is 37.3 Å². The Hall–Kier alpha value is -1.54. The van der Waals surface area contributed by atoms with Crippen LogP contribution in [0.3, 0.4) is 0 Å². The molecule has 1 aromatic carbocycles. The summed E-state index contributed by atoms with van der Waals surface area (Å²) in [5.74, 6) is -0.979. The van der Waals surface area contributed by atoms with Gasteiger partial charge in [0, 0.05) is 0 Å². The van der Waals surface area contributed by atoms with E-state index in [1.54, 1.807) is 13.0 Å². The number of carbonyl (C=O) groups is 1. The lowest BCUT2D eigenvalue weighted by atomic mass is 9.99. The Bertz CT molecular complexity index is 490. The van der Waals surface area contributed by atoms with E-state index in [1.165, 1.54) is 5.57 Å². The number of carboxylic acid groups (broad SMARTS) is 1. The van der Waals surface area contributed by atoms with E-state index in [0.29, 0.717) is 10.6 Å². The van der Waals surface area contributed by atoms with E-state index in [4.69, 9.17) is 16.7 Å². The van der Waals surface area contributed by atoms with Crippen LogP contribution in [0, 0.1) is 6.92 Å². The van der Waals surface area contributed by atoms with Crippen LogP contribution in [0.25, 0.3) is 5.57 Å². The summed E-state index contributed by atoms with van der Waals surface area (Å²) in [7, 11) is 0. The van der Waals surface area contributed by atoms with Crippen molar-refractivity contribution < 1.29 is 9.90 Å². The second-order valence-electron chi connectivity index (χ2n) is 3.78. The van der Waals surface area contributed by atoms with E-state index in [0.717, 1.165) is 12.0 Å². The van der Waals surface area contributed by atoms with Crippen molar-refractivity contribution in [2.45, 2.75) is 13.3 Å². The Morgan fingerprint density at radius 3 is 2.69 bits per heavy atom. The third kappa shape index (κ3) is 1.89. The molecule has 2 nitrogen and oxygen atoms in total. The number of aryl methyl sites for hydroxylation is 1. The molecule has 0 heterocycles. The minimum absolute atomic E-state index is 0.192. The van der Waals surface area contributed by atoms with Crippen LogP contribution in [0.1, 0.15) is 27.9 Å². The summed E-state index contributed by atoms with van der Waals surface area (Å²) in [5.41, 5.74) is 3.05. The Morgan fingerprint density at radius 1 is 1.44 bits per heavy atom. The van der Waals surface area contributed by atoms with Crippen molar-refractivity contribution in [2.75, 3.05) is 0 Å². The first-order valence-electron chi connectivity index (χ1n) is 4.99. The molecule has 0 amide bonds. The average molecular weight is 235 g/mol. The monoisotopic (exact) mass is 234 g/mol. The maximum atomic E-state index is 11.0. The molecule has 0 aromatic heterocycles. The van der Waals surface area contributed by atoms with Gasteiger partial charge in [-0.2, -0.15) is 0 Å². The number of hydrogen-bond acceptors (Lipinski definition) is 1. The van der Waals surface area contributed by atoms with Crippen molar-refractivity contribution in [3.63, 3.8) is 0 Å². The van der Waals surface area contributed by atoms with E-state index in [9.17, 15) is 4.79 Å². The fraction of sp³-hybridized carbons (Fsp3) is 0.154. The number of hydrogen-bond donors (Lipinski definition) is 1. The Kier molecular flexibility index (Phi) is 2.84. The van der Waals surface area contributed by atoms with Crippen molar-refractivity contribution >= 4 is 23.1 Å². The molecule has 0 saturated carbocycles. The molecule has 82 valence electrons. The van der Waals surface area contributed by atoms with Crippen molar-refractivity contribution in [3.8, 4) is 0 Å². The maximum absolute atomic E-state index is 11.0. The quantitative estimate of drug-likeness (QED) is 0.847. The molecule has 16 heavy (non-hydrogen) atoms. The Labute approximate surface area is 98.9 Å². The number of halogens is 1. The minimum atomic E-state index is -0.979. The fourth-order valence-corrected chi connectivity index (χ4v) is 2.21. The van der Waals surface area contributed by atoms with Gasteiger partial charge in [-0.3, -0.25) is 0 Å². The van der Waals surface area contributed by atoms with Crippen LogP contribution < -0.4 is 0 Å².